The summed E-state index contributed by atoms with van der Waals surface area (Å²) < 4.78 is 55.6. The van der Waals surface area contributed by atoms with Crippen molar-refractivity contribution < 1.29 is 17.6 Å². The summed E-state index contributed by atoms with van der Waals surface area (Å²) in [7, 11) is 0. The van der Waals surface area contributed by atoms with E-state index in [1.54, 1.807) is 60.8 Å². The summed E-state index contributed by atoms with van der Waals surface area (Å²) >= 11 is 0. The van der Waals surface area contributed by atoms with Crippen molar-refractivity contribution >= 4 is 27.9 Å². The third-order valence-electron chi connectivity index (χ3n) is 5.68. The predicted molar refractivity (Wildman–Crippen MR) is 131 cm³/mol. The fourth-order valence-corrected chi connectivity index (χ4v) is 3.96. The molecule has 4 rings (SSSR count). The van der Waals surface area contributed by atoms with Gasteiger partial charge in [0.15, 0.2) is 0 Å². The van der Waals surface area contributed by atoms with Gasteiger partial charge in [0.25, 0.3) is 0 Å². The molecular weight excluding hydrogens is 456 g/mol. The highest BCUT2D eigenvalue weighted by molar-refractivity contribution is 6.00. The van der Waals surface area contributed by atoms with Gasteiger partial charge in [-0.05, 0) is 58.9 Å². The molecule has 35 heavy (non-hydrogen) atoms. The summed E-state index contributed by atoms with van der Waals surface area (Å²) in [6.07, 6.45) is -3.07. The second-order valence-corrected chi connectivity index (χ2v) is 8.82. The minimum absolute atomic E-state index is 0.0867. The number of aromatic amines is 1. The number of pyridine rings is 1. The summed E-state index contributed by atoms with van der Waals surface area (Å²) in [5, 5.41) is 9.62. The van der Waals surface area contributed by atoms with Crippen molar-refractivity contribution in [3.63, 3.8) is 0 Å². The molecule has 182 valence electrons. The van der Waals surface area contributed by atoms with Gasteiger partial charge >= 0.3 is 6.18 Å². The summed E-state index contributed by atoms with van der Waals surface area (Å²) in [4.78, 5) is 4.45. The maximum Gasteiger partial charge on any atom is 0.393 e. The van der Waals surface area contributed by atoms with E-state index in [0.717, 1.165) is 13.0 Å². The molecule has 2 aromatic heterocycles. The summed E-state index contributed by atoms with van der Waals surface area (Å²) in [5.41, 5.74) is 2.21. The van der Waals surface area contributed by atoms with Gasteiger partial charge < -0.3 is 5.32 Å². The van der Waals surface area contributed by atoms with E-state index in [0.29, 0.717) is 39.5 Å². The molecule has 0 aliphatic rings. The van der Waals surface area contributed by atoms with E-state index in [2.05, 4.69) is 34.3 Å². The SMILES string of the molecule is CC(C)CCNc1ccc(/C(=C(/CC(F)(F)F)c2ccccc2)c2ccc3n[nH]c(F)c3c2)cn1. The lowest BCUT2D eigenvalue weighted by molar-refractivity contribution is -0.122. The Hall–Kier alpha value is -3.68. The number of rotatable bonds is 8. The molecule has 4 nitrogen and oxygen atoms in total. The first kappa shape index (κ1) is 24.4. The number of fused-ring (bicyclic) bond motifs is 1. The normalized spacial score (nSPS) is 12.8. The monoisotopic (exact) mass is 482 g/mol. The molecule has 0 bridgehead atoms. The molecule has 0 aliphatic heterocycles. The quantitative estimate of drug-likeness (QED) is 0.202. The lowest BCUT2D eigenvalue weighted by atomic mass is 9.88. The number of allylic oxidation sites excluding steroid dienone is 1. The number of hydrogen-bond donors (Lipinski definition) is 2. The Morgan fingerprint density at radius 3 is 2.37 bits per heavy atom. The second kappa shape index (κ2) is 10.3. The Labute approximate surface area is 201 Å². The molecule has 0 atom stereocenters. The van der Waals surface area contributed by atoms with Gasteiger partial charge in [-0.25, -0.2) is 4.98 Å². The minimum Gasteiger partial charge on any atom is -0.370 e. The van der Waals surface area contributed by atoms with Gasteiger partial charge in [-0.2, -0.15) is 22.7 Å². The van der Waals surface area contributed by atoms with Crippen LogP contribution in [0, 0.1) is 11.9 Å². The minimum atomic E-state index is -4.45. The Bertz CT molecular complexity index is 1310. The van der Waals surface area contributed by atoms with Gasteiger partial charge in [-0.15, -0.1) is 0 Å². The topological polar surface area (TPSA) is 53.6 Å². The number of benzene rings is 2. The molecule has 0 radical (unpaired) electrons. The molecular formula is C27H26F4N4. The van der Waals surface area contributed by atoms with Crippen LogP contribution in [0.2, 0.25) is 0 Å². The van der Waals surface area contributed by atoms with E-state index in [1.807, 2.05) is 0 Å². The molecule has 0 fully saturated rings. The smallest absolute Gasteiger partial charge is 0.370 e. The number of hydrogen-bond acceptors (Lipinski definition) is 3. The van der Waals surface area contributed by atoms with Crippen LogP contribution in [0.1, 0.15) is 43.4 Å². The van der Waals surface area contributed by atoms with Crippen LogP contribution in [-0.2, 0) is 0 Å². The van der Waals surface area contributed by atoms with Crippen LogP contribution in [0.5, 0.6) is 0 Å². The number of nitrogens with one attached hydrogen (secondary N) is 2. The molecule has 4 aromatic rings. The van der Waals surface area contributed by atoms with Crippen molar-refractivity contribution in [2.45, 2.75) is 32.9 Å². The molecule has 0 saturated carbocycles. The third kappa shape index (κ3) is 6.07. The molecule has 0 spiro atoms. The Balaban J connectivity index is 1.88. The summed E-state index contributed by atoms with van der Waals surface area (Å²) in [5.74, 6) is 0.536. The van der Waals surface area contributed by atoms with Gasteiger partial charge in [0.1, 0.15) is 5.82 Å². The zero-order valence-electron chi connectivity index (χ0n) is 19.5. The van der Waals surface area contributed by atoms with Crippen LogP contribution in [-0.4, -0.2) is 27.9 Å². The van der Waals surface area contributed by atoms with Crippen molar-refractivity contribution in [1.29, 1.82) is 0 Å². The zero-order valence-corrected chi connectivity index (χ0v) is 19.5. The molecule has 0 unspecified atom stereocenters. The average molecular weight is 483 g/mol. The number of H-pyrrole nitrogens is 1. The number of anilines is 1. The first-order valence-corrected chi connectivity index (χ1v) is 11.4. The summed E-state index contributed by atoms with van der Waals surface area (Å²) in [6.45, 7) is 4.99. The fourth-order valence-electron chi connectivity index (χ4n) is 3.96. The molecule has 2 heterocycles. The van der Waals surface area contributed by atoms with Crippen molar-refractivity contribution in [1.82, 2.24) is 15.2 Å². The Kier molecular flexibility index (Phi) is 7.19. The van der Waals surface area contributed by atoms with Crippen LogP contribution >= 0.6 is 0 Å². The van der Waals surface area contributed by atoms with E-state index >= 15 is 0 Å². The first-order chi connectivity index (χ1) is 16.7. The van der Waals surface area contributed by atoms with Gasteiger partial charge in [-0.1, -0.05) is 50.2 Å². The van der Waals surface area contributed by atoms with E-state index in [4.69, 9.17) is 0 Å². The lowest BCUT2D eigenvalue weighted by Gasteiger charge is -2.19. The number of alkyl halides is 3. The predicted octanol–water partition coefficient (Wildman–Crippen LogP) is 7.47. The van der Waals surface area contributed by atoms with E-state index in [1.165, 1.54) is 6.07 Å². The number of halogens is 4. The number of nitrogens with zero attached hydrogens (tertiary/aromatic N) is 2. The van der Waals surface area contributed by atoms with Crippen LogP contribution < -0.4 is 5.32 Å². The molecule has 8 heteroatoms. The lowest BCUT2D eigenvalue weighted by Crippen LogP contribution is -2.10. The average Bonchev–Trinajstić information content (AvgIpc) is 3.19. The zero-order chi connectivity index (χ0) is 25.0. The highest BCUT2D eigenvalue weighted by Gasteiger charge is 2.31. The van der Waals surface area contributed by atoms with Crippen molar-refractivity contribution in [3.05, 3.63) is 89.5 Å². The molecule has 0 amide bonds. The maximum absolute atomic E-state index is 14.3. The van der Waals surface area contributed by atoms with Gasteiger partial charge in [0, 0.05) is 18.3 Å². The molecule has 0 saturated heterocycles. The fraction of sp³-hybridized carbons (Fsp3) is 0.259. The van der Waals surface area contributed by atoms with Gasteiger partial charge in [0.2, 0.25) is 5.95 Å². The standard InChI is InChI=1S/C27H26F4N4/c1-17(2)12-13-32-24-11-9-20(16-33-24)25(19-8-10-23-21(14-19)26(28)35-34-23)22(15-27(29,30)31)18-6-4-3-5-7-18/h3-11,14,16-17H,12-13,15H2,1-2H3,(H,32,33)(H,34,35)/b25-22-. The van der Waals surface area contributed by atoms with Crippen LogP contribution in [0.15, 0.2) is 66.9 Å². The van der Waals surface area contributed by atoms with Crippen LogP contribution in [0.3, 0.4) is 0 Å². The molecule has 0 aliphatic carbocycles. The van der Waals surface area contributed by atoms with Gasteiger partial charge in [-0.3, -0.25) is 5.10 Å². The van der Waals surface area contributed by atoms with E-state index < -0.39 is 18.5 Å². The molecule has 2 N–H and O–H groups in total. The van der Waals surface area contributed by atoms with Crippen molar-refractivity contribution in [2.75, 3.05) is 11.9 Å². The maximum atomic E-state index is 14.3. The second-order valence-electron chi connectivity index (χ2n) is 8.82. The van der Waals surface area contributed by atoms with E-state index in [9.17, 15) is 17.6 Å². The largest absolute Gasteiger partial charge is 0.393 e. The van der Waals surface area contributed by atoms with Crippen LogP contribution in [0.4, 0.5) is 23.4 Å². The van der Waals surface area contributed by atoms with Gasteiger partial charge in [0.05, 0.1) is 17.3 Å². The van der Waals surface area contributed by atoms with Crippen molar-refractivity contribution in [2.24, 2.45) is 5.92 Å². The van der Waals surface area contributed by atoms with Crippen molar-refractivity contribution in [3.8, 4) is 0 Å². The Morgan fingerprint density at radius 1 is 0.971 bits per heavy atom. The molecule has 2 aromatic carbocycles. The summed E-state index contributed by atoms with van der Waals surface area (Å²) in [6, 6.07) is 16.7. The highest BCUT2D eigenvalue weighted by atomic mass is 19.4. The van der Waals surface area contributed by atoms with Crippen LogP contribution in [0.25, 0.3) is 22.0 Å². The highest BCUT2D eigenvalue weighted by Crippen LogP contribution is 2.40. The number of aromatic nitrogens is 3. The Morgan fingerprint density at radius 2 is 1.71 bits per heavy atom. The first-order valence-electron chi connectivity index (χ1n) is 11.4. The third-order valence-corrected chi connectivity index (χ3v) is 5.68. The van der Waals surface area contributed by atoms with E-state index in [-0.39, 0.29) is 11.0 Å².